The van der Waals surface area contributed by atoms with Crippen LogP contribution in [0.15, 0.2) is 5.16 Å². The van der Waals surface area contributed by atoms with E-state index < -0.39 is 10.7 Å². The number of thiol groups is 1. The number of H-pyrrole nitrogens is 1. The van der Waals surface area contributed by atoms with Gasteiger partial charge in [0.15, 0.2) is 0 Å². The first-order valence-electron chi connectivity index (χ1n) is 1.73. The largest absolute Gasteiger partial charge is 0.250 e. The number of aromatic nitrogens is 3. The third-order valence-electron chi connectivity index (χ3n) is 0.535. The summed E-state index contributed by atoms with van der Waals surface area (Å²) in [5.41, 5.74) is 0. The predicted octanol–water partition coefficient (Wildman–Crippen LogP) is -1.42. The summed E-state index contributed by atoms with van der Waals surface area (Å²) in [5.74, 6) is 0. The molecule has 43 valence electrons. The second-order valence-corrected chi connectivity index (χ2v) is 1.95. The average Bonchev–Trinajstić information content (AvgIpc) is 2.12. The lowest BCUT2D eigenvalue weighted by atomic mass is 11.3. The van der Waals surface area contributed by atoms with Crippen molar-refractivity contribution in [2.75, 3.05) is 0 Å². The summed E-state index contributed by atoms with van der Waals surface area (Å²) in [4.78, 5) is 3.23. The summed E-state index contributed by atoms with van der Waals surface area (Å²) in [5, 5.41) is 5.17. The second-order valence-electron chi connectivity index (χ2n) is 1.02. The van der Waals surface area contributed by atoms with Crippen molar-refractivity contribution in [2.45, 2.75) is 5.16 Å². The van der Waals surface area contributed by atoms with Crippen molar-refractivity contribution in [3.8, 4) is 0 Å². The average molecular weight is 132 g/mol. The second kappa shape index (κ2) is 1.91. The van der Waals surface area contributed by atoms with Gasteiger partial charge in [-0.3, -0.25) is 0 Å². The molecule has 1 N–H and O–H groups in total. The molecule has 0 aliphatic rings. The number of hydrogen-bond donors (Lipinski definition) is 2. The minimum absolute atomic E-state index is 0.153. The van der Waals surface area contributed by atoms with Gasteiger partial charge in [-0.2, -0.15) is 4.98 Å². The van der Waals surface area contributed by atoms with Crippen molar-refractivity contribution in [1.82, 2.24) is 15.2 Å². The Morgan fingerprint density at radius 1 is 1.62 bits per heavy atom. The lowest BCUT2D eigenvalue weighted by Crippen LogP contribution is -1.81. The Labute approximate surface area is 46.7 Å². The molecular weight excluding hydrogens is 130 g/mol. The van der Waals surface area contributed by atoms with Gasteiger partial charge in [0.25, 0.3) is 0 Å². The first-order valence-corrected chi connectivity index (χ1v) is 2.91. The molecule has 1 heterocycles. The van der Waals surface area contributed by atoms with E-state index in [0.717, 1.165) is 0 Å². The van der Waals surface area contributed by atoms with Crippen molar-refractivity contribution >= 4 is 10.7 Å². The normalized spacial score (nSPS) is 10.1. The first kappa shape index (κ1) is 5.23. The fourth-order valence-electron chi connectivity index (χ4n) is 0.254. The van der Waals surface area contributed by atoms with Crippen LogP contribution in [0.2, 0.25) is 0 Å². The Balaban J connectivity index is 3.11. The van der Waals surface area contributed by atoms with Crippen molar-refractivity contribution < 1.29 is 8.42 Å². The van der Waals surface area contributed by atoms with E-state index in [1.54, 1.807) is 0 Å². The Hall–Kier alpha value is -0.910. The topological polar surface area (TPSA) is 75.7 Å². The lowest BCUT2D eigenvalue weighted by Gasteiger charge is -1.69. The number of hydrogen-bond acceptors (Lipinski definition) is 4. The van der Waals surface area contributed by atoms with Gasteiger partial charge >= 0.3 is 0 Å². The molecule has 0 fully saturated rings. The minimum atomic E-state index is -2.62. The zero-order chi connectivity index (χ0) is 5.98. The highest BCUT2D eigenvalue weighted by atomic mass is 32.2. The van der Waals surface area contributed by atoms with Crippen LogP contribution in [0.1, 0.15) is 0 Å². The van der Waals surface area contributed by atoms with E-state index in [0.29, 0.717) is 0 Å². The maximum atomic E-state index is 9.95. The molecule has 5 nitrogen and oxygen atoms in total. The molecule has 6 heteroatoms. The highest BCUT2D eigenvalue weighted by molar-refractivity contribution is 7.72. The van der Waals surface area contributed by atoms with E-state index >= 15 is 0 Å². The molecule has 0 atom stereocenters. The highest BCUT2D eigenvalue weighted by Crippen LogP contribution is 1.81. The van der Waals surface area contributed by atoms with Crippen LogP contribution in [0, 0.1) is 6.33 Å². The Morgan fingerprint density at radius 3 is 2.62 bits per heavy atom. The van der Waals surface area contributed by atoms with Gasteiger partial charge < -0.3 is 0 Å². The van der Waals surface area contributed by atoms with Crippen LogP contribution >= 0.6 is 0 Å². The summed E-state index contributed by atoms with van der Waals surface area (Å²) >= 11 is 0. The molecule has 0 aromatic carbocycles. The summed E-state index contributed by atoms with van der Waals surface area (Å²) in [6.45, 7) is 0. The van der Waals surface area contributed by atoms with E-state index in [-0.39, 0.29) is 5.16 Å². The SMILES string of the molecule is O=[SH](=O)c1n[c]n[nH]1. The zero-order valence-corrected chi connectivity index (χ0v) is 4.55. The van der Waals surface area contributed by atoms with Crippen LogP contribution < -0.4 is 0 Å². The first-order chi connectivity index (χ1) is 3.80. The molecular formula is C2H2N3O2S. The maximum absolute atomic E-state index is 9.95. The molecule has 0 bridgehead atoms. The van der Waals surface area contributed by atoms with Crippen molar-refractivity contribution in [3.63, 3.8) is 0 Å². The fourth-order valence-corrected chi connectivity index (χ4v) is 0.512. The summed E-state index contributed by atoms with van der Waals surface area (Å²) < 4.78 is 19.9. The molecule has 0 aliphatic heterocycles. The van der Waals surface area contributed by atoms with Gasteiger partial charge in [0.1, 0.15) is 0 Å². The quantitative estimate of drug-likeness (QED) is 0.459. The van der Waals surface area contributed by atoms with E-state index in [1.165, 1.54) is 0 Å². The third-order valence-corrected chi connectivity index (χ3v) is 1.08. The van der Waals surface area contributed by atoms with Gasteiger partial charge in [0.05, 0.1) is 0 Å². The van der Waals surface area contributed by atoms with Crippen LogP contribution in [0.5, 0.6) is 0 Å². The van der Waals surface area contributed by atoms with Gasteiger partial charge in [-0.1, -0.05) is 0 Å². The van der Waals surface area contributed by atoms with Gasteiger partial charge in [-0.15, -0.1) is 5.10 Å². The molecule has 8 heavy (non-hydrogen) atoms. The van der Waals surface area contributed by atoms with Crippen LogP contribution in [-0.4, -0.2) is 23.6 Å². The Kier molecular flexibility index (Phi) is 1.25. The smallest absolute Gasteiger partial charge is 0.240 e. The Bertz CT molecular complexity index is 217. The van der Waals surface area contributed by atoms with Crippen molar-refractivity contribution in [1.29, 1.82) is 0 Å². The summed E-state index contributed by atoms with van der Waals surface area (Å²) in [6, 6.07) is 0. The number of aromatic amines is 1. The van der Waals surface area contributed by atoms with Gasteiger partial charge in [0, 0.05) is 0 Å². The van der Waals surface area contributed by atoms with E-state index in [9.17, 15) is 8.42 Å². The highest BCUT2D eigenvalue weighted by Gasteiger charge is 1.93. The number of nitrogens with zero attached hydrogens (tertiary/aromatic N) is 2. The number of nitrogens with one attached hydrogen (secondary N) is 1. The lowest BCUT2D eigenvalue weighted by molar-refractivity contribution is 0.607. The Morgan fingerprint density at radius 2 is 2.38 bits per heavy atom. The van der Waals surface area contributed by atoms with E-state index in [2.05, 4.69) is 21.5 Å². The molecule has 1 aromatic heterocycles. The number of rotatable bonds is 1. The minimum Gasteiger partial charge on any atom is -0.250 e. The van der Waals surface area contributed by atoms with Gasteiger partial charge in [-0.25, -0.2) is 13.5 Å². The van der Waals surface area contributed by atoms with Gasteiger partial charge in [-0.05, 0) is 0 Å². The molecule has 0 aliphatic carbocycles. The molecule has 0 saturated carbocycles. The summed E-state index contributed by atoms with van der Waals surface area (Å²) in [7, 11) is -2.62. The zero-order valence-electron chi connectivity index (χ0n) is 3.66. The molecule has 0 unspecified atom stereocenters. The molecule has 1 rings (SSSR count). The fraction of sp³-hybridized carbons (Fsp3) is 0. The molecule has 0 amide bonds. The van der Waals surface area contributed by atoms with Gasteiger partial charge in [0.2, 0.25) is 22.2 Å². The molecule has 0 spiro atoms. The maximum Gasteiger partial charge on any atom is 0.240 e. The van der Waals surface area contributed by atoms with Crippen LogP contribution in [0.3, 0.4) is 0 Å². The predicted molar refractivity (Wildman–Crippen MR) is 23.8 cm³/mol. The van der Waals surface area contributed by atoms with E-state index in [4.69, 9.17) is 0 Å². The molecule has 0 saturated heterocycles. The summed E-state index contributed by atoms with van der Waals surface area (Å²) in [6.07, 6.45) is 2.07. The standard InChI is InChI=1S/C2H2N3O2S/c6-8(7)2-3-1-4-5-2/h8H,(H,3,4,5). The van der Waals surface area contributed by atoms with Crippen LogP contribution in [-0.2, 0) is 10.7 Å². The van der Waals surface area contributed by atoms with Crippen LogP contribution in [0.25, 0.3) is 0 Å². The van der Waals surface area contributed by atoms with Crippen molar-refractivity contribution in [3.05, 3.63) is 6.33 Å². The van der Waals surface area contributed by atoms with Crippen molar-refractivity contribution in [2.24, 2.45) is 0 Å². The van der Waals surface area contributed by atoms with Crippen LogP contribution in [0.4, 0.5) is 0 Å². The molecule has 1 aromatic rings. The monoisotopic (exact) mass is 132 g/mol. The van der Waals surface area contributed by atoms with E-state index in [1.807, 2.05) is 0 Å². The third kappa shape index (κ3) is 0.836. The molecule has 1 radical (unpaired) electrons.